The van der Waals surface area contributed by atoms with E-state index in [2.05, 4.69) is 4.72 Å². The molecule has 0 unspecified atom stereocenters. The Balaban J connectivity index is 2.22. The van der Waals surface area contributed by atoms with E-state index in [1.54, 1.807) is 12.1 Å². The molecule has 0 aliphatic heterocycles. The van der Waals surface area contributed by atoms with Crippen molar-refractivity contribution < 1.29 is 8.42 Å². The molecule has 2 rings (SSSR count). The predicted molar refractivity (Wildman–Crippen MR) is 76.7 cm³/mol. The summed E-state index contributed by atoms with van der Waals surface area (Å²) < 4.78 is 27.3. The van der Waals surface area contributed by atoms with Gasteiger partial charge in [-0.15, -0.1) is 0 Å². The summed E-state index contributed by atoms with van der Waals surface area (Å²) in [6.07, 6.45) is 3.70. The average molecular weight is 303 g/mol. The van der Waals surface area contributed by atoms with Crippen LogP contribution in [0.5, 0.6) is 0 Å². The highest BCUT2D eigenvalue weighted by Gasteiger charge is 2.28. The van der Waals surface area contributed by atoms with Crippen molar-refractivity contribution in [3.05, 3.63) is 28.8 Å². The van der Waals surface area contributed by atoms with Gasteiger partial charge in [0, 0.05) is 12.1 Å². The Labute approximate surface area is 119 Å². The molecule has 1 aliphatic carbocycles. The maximum Gasteiger partial charge on any atom is 0.242 e. The summed E-state index contributed by atoms with van der Waals surface area (Å²) in [5.41, 5.74) is 6.90. The highest BCUT2D eigenvalue weighted by atomic mass is 35.5. The van der Waals surface area contributed by atoms with E-state index >= 15 is 0 Å². The third-order valence-corrected chi connectivity index (χ3v) is 5.48. The SMILES string of the molecule is Cc1ccc(S(=O)(=O)N[C@@H]2CCCC[C@H]2N)c(Cl)c1. The lowest BCUT2D eigenvalue weighted by Crippen LogP contribution is -2.49. The minimum Gasteiger partial charge on any atom is -0.326 e. The Morgan fingerprint density at radius 3 is 2.63 bits per heavy atom. The molecule has 0 aromatic heterocycles. The van der Waals surface area contributed by atoms with Gasteiger partial charge in [-0.05, 0) is 37.5 Å². The first-order valence-corrected chi connectivity index (χ1v) is 8.30. The number of halogens is 1. The quantitative estimate of drug-likeness (QED) is 0.899. The van der Waals surface area contributed by atoms with Crippen LogP contribution in [0.4, 0.5) is 0 Å². The molecule has 6 heteroatoms. The summed E-state index contributed by atoms with van der Waals surface area (Å²) in [5, 5.41) is 0.247. The van der Waals surface area contributed by atoms with Crippen molar-refractivity contribution in [2.45, 2.75) is 49.6 Å². The normalized spacial score (nSPS) is 24.4. The summed E-state index contributed by atoms with van der Waals surface area (Å²) >= 11 is 6.02. The summed E-state index contributed by atoms with van der Waals surface area (Å²) in [6.45, 7) is 1.87. The third-order valence-electron chi connectivity index (χ3n) is 3.50. The van der Waals surface area contributed by atoms with Gasteiger partial charge in [-0.1, -0.05) is 30.5 Å². The van der Waals surface area contributed by atoms with Gasteiger partial charge >= 0.3 is 0 Å². The molecule has 0 bridgehead atoms. The molecule has 3 N–H and O–H groups in total. The first-order chi connectivity index (χ1) is 8.90. The van der Waals surface area contributed by atoms with Crippen LogP contribution in [0.3, 0.4) is 0 Å². The van der Waals surface area contributed by atoms with Crippen LogP contribution in [0, 0.1) is 6.92 Å². The molecule has 0 amide bonds. The van der Waals surface area contributed by atoms with Crippen molar-refractivity contribution in [1.29, 1.82) is 0 Å². The second kappa shape index (κ2) is 5.79. The lowest BCUT2D eigenvalue weighted by atomic mass is 9.92. The number of hydrogen-bond acceptors (Lipinski definition) is 3. The fourth-order valence-electron chi connectivity index (χ4n) is 2.39. The van der Waals surface area contributed by atoms with Gasteiger partial charge in [0.2, 0.25) is 10.0 Å². The van der Waals surface area contributed by atoms with Crippen LogP contribution in [0.15, 0.2) is 23.1 Å². The van der Waals surface area contributed by atoms with Gasteiger partial charge in [-0.25, -0.2) is 13.1 Å². The molecule has 0 saturated heterocycles. The molecule has 1 saturated carbocycles. The largest absolute Gasteiger partial charge is 0.326 e. The highest BCUT2D eigenvalue weighted by Crippen LogP contribution is 2.24. The topological polar surface area (TPSA) is 72.2 Å². The number of nitrogens with one attached hydrogen (secondary N) is 1. The molecule has 0 spiro atoms. The average Bonchev–Trinajstić information content (AvgIpc) is 2.31. The first-order valence-electron chi connectivity index (χ1n) is 6.44. The molecular formula is C13H19ClN2O2S. The van der Waals surface area contributed by atoms with Crippen LogP contribution in [-0.4, -0.2) is 20.5 Å². The summed E-state index contributed by atoms with van der Waals surface area (Å²) in [6, 6.07) is 4.61. The van der Waals surface area contributed by atoms with E-state index in [9.17, 15) is 8.42 Å². The van der Waals surface area contributed by atoms with Gasteiger partial charge in [-0.3, -0.25) is 0 Å². The van der Waals surface area contributed by atoms with E-state index in [4.69, 9.17) is 17.3 Å². The Morgan fingerprint density at radius 2 is 2.00 bits per heavy atom. The molecule has 106 valence electrons. The molecule has 1 aliphatic rings. The molecular weight excluding hydrogens is 284 g/mol. The van der Waals surface area contributed by atoms with Gasteiger partial charge in [0.15, 0.2) is 0 Å². The number of rotatable bonds is 3. The molecule has 1 aromatic rings. The number of nitrogens with two attached hydrogens (primary N) is 1. The number of hydrogen-bond donors (Lipinski definition) is 2. The molecule has 2 atom stereocenters. The highest BCUT2D eigenvalue weighted by molar-refractivity contribution is 7.89. The summed E-state index contributed by atoms with van der Waals surface area (Å²) in [4.78, 5) is 0.123. The van der Waals surface area contributed by atoms with Crippen molar-refractivity contribution in [3.63, 3.8) is 0 Å². The minimum absolute atomic E-state index is 0.118. The van der Waals surface area contributed by atoms with Crippen molar-refractivity contribution >= 4 is 21.6 Å². The minimum atomic E-state index is -3.60. The molecule has 1 fully saturated rings. The maximum absolute atomic E-state index is 12.3. The van der Waals surface area contributed by atoms with E-state index in [1.165, 1.54) is 6.07 Å². The second-order valence-corrected chi connectivity index (χ2v) is 7.20. The van der Waals surface area contributed by atoms with E-state index in [1.807, 2.05) is 6.92 Å². The van der Waals surface area contributed by atoms with Crippen LogP contribution in [0.2, 0.25) is 5.02 Å². The van der Waals surface area contributed by atoms with Crippen LogP contribution < -0.4 is 10.5 Å². The Morgan fingerprint density at radius 1 is 1.32 bits per heavy atom. The fraction of sp³-hybridized carbons (Fsp3) is 0.538. The van der Waals surface area contributed by atoms with Crippen LogP contribution in [0.25, 0.3) is 0 Å². The van der Waals surface area contributed by atoms with Crippen molar-refractivity contribution in [2.24, 2.45) is 5.73 Å². The van der Waals surface area contributed by atoms with Gasteiger partial charge in [-0.2, -0.15) is 0 Å². The van der Waals surface area contributed by atoms with Gasteiger partial charge in [0.25, 0.3) is 0 Å². The van der Waals surface area contributed by atoms with Gasteiger partial charge in [0.05, 0.1) is 5.02 Å². The Hall–Kier alpha value is -0.620. The van der Waals surface area contributed by atoms with Crippen LogP contribution in [-0.2, 0) is 10.0 Å². The Kier molecular flexibility index (Phi) is 4.50. The van der Waals surface area contributed by atoms with E-state index in [0.717, 1.165) is 31.2 Å². The molecule has 1 aromatic carbocycles. The molecule has 0 heterocycles. The molecule has 19 heavy (non-hydrogen) atoms. The van der Waals surface area contributed by atoms with Crippen molar-refractivity contribution in [2.75, 3.05) is 0 Å². The van der Waals surface area contributed by atoms with Crippen molar-refractivity contribution in [1.82, 2.24) is 4.72 Å². The maximum atomic E-state index is 12.3. The first kappa shape index (κ1) is 14.8. The summed E-state index contributed by atoms with van der Waals surface area (Å²) in [7, 11) is -3.60. The number of benzene rings is 1. The standard InChI is InChI=1S/C13H19ClN2O2S/c1-9-6-7-13(10(14)8-9)19(17,18)16-12-5-3-2-4-11(12)15/h6-8,11-12,16H,2-5,15H2,1H3/t11-,12-/m1/s1. The number of sulfonamides is 1. The molecule has 0 radical (unpaired) electrons. The third kappa shape index (κ3) is 3.48. The number of aryl methyl sites for hydroxylation is 1. The van der Waals surface area contributed by atoms with Crippen LogP contribution in [0.1, 0.15) is 31.2 Å². The lowest BCUT2D eigenvalue weighted by molar-refractivity contribution is 0.361. The molecule has 4 nitrogen and oxygen atoms in total. The van der Waals surface area contributed by atoms with Crippen LogP contribution >= 0.6 is 11.6 Å². The van der Waals surface area contributed by atoms with Gasteiger partial charge in [0.1, 0.15) is 4.90 Å². The lowest BCUT2D eigenvalue weighted by Gasteiger charge is -2.29. The fourth-order valence-corrected chi connectivity index (χ4v) is 4.31. The van der Waals surface area contributed by atoms with E-state index < -0.39 is 10.0 Å². The monoisotopic (exact) mass is 302 g/mol. The second-order valence-electron chi connectivity index (χ2n) is 5.11. The van der Waals surface area contributed by atoms with Gasteiger partial charge < -0.3 is 5.73 Å². The predicted octanol–water partition coefficient (Wildman–Crippen LogP) is 2.20. The summed E-state index contributed by atoms with van der Waals surface area (Å²) in [5.74, 6) is 0. The zero-order chi connectivity index (χ0) is 14.0. The van der Waals surface area contributed by atoms with Crippen molar-refractivity contribution in [3.8, 4) is 0 Å². The van der Waals surface area contributed by atoms with E-state index in [0.29, 0.717) is 0 Å². The Bertz CT molecular complexity index is 560. The smallest absolute Gasteiger partial charge is 0.242 e. The van der Waals surface area contributed by atoms with E-state index in [-0.39, 0.29) is 22.0 Å². The zero-order valence-electron chi connectivity index (χ0n) is 10.9. The zero-order valence-corrected chi connectivity index (χ0v) is 12.5.